The lowest BCUT2D eigenvalue weighted by molar-refractivity contribution is 0.0695. The van der Waals surface area contributed by atoms with Crippen LogP contribution in [0.1, 0.15) is 46.3 Å². The number of rotatable bonds is 4. The van der Waals surface area contributed by atoms with E-state index in [4.69, 9.17) is 5.11 Å². The Morgan fingerprint density at radius 3 is 2.73 bits per heavy atom. The number of hydrogen-bond donors (Lipinski definition) is 1. The third kappa shape index (κ3) is 2.85. The van der Waals surface area contributed by atoms with Gasteiger partial charge in [-0.3, -0.25) is 9.58 Å². The van der Waals surface area contributed by atoms with E-state index in [2.05, 4.69) is 26.9 Å². The zero-order valence-corrected chi connectivity index (χ0v) is 12.7. The molecule has 0 amide bonds. The average molecular weight is 301 g/mol. The molecule has 1 unspecified atom stereocenters. The second-order valence-electron chi connectivity index (χ2n) is 5.70. The summed E-state index contributed by atoms with van der Waals surface area (Å²) in [5.41, 5.74) is 2.36. The molecule has 1 saturated heterocycles. The summed E-state index contributed by atoms with van der Waals surface area (Å²) >= 11 is 0. The van der Waals surface area contributed by atoms with Gasteiger partial charge in [0.15, 0.2) is 0 Å². The molecule has 0 spiro atoms. The minimum atomic E-state index is -1.00. The first-order chi connectivity index (χ1) is 10.5. The van der Waals surface area contributed by atoms with Crippen LogP contribution in [0.3, 0.4) is 0 Å². The fourth-order valence-corrected chi connectivity index (χ4v) is 2.93. The number of carboxylic acids is 1. The SMILES string of the molecule is Cc1cn(C)nc1CN1CCCC1c1ncc(C(=O)O)cn1. The second-order valence-corrected chi connectivity index (χ2v) is 5.70. The maximum absolute atomic E-state index is 10.9. The molecule has 1 fully saturated rings. The number of nitrogens with zero attached hydrogens (tertiary/aromatic N) is 5. The molecule has 22 heavy (non-hydrogen) atoms. The Hall–Kier alpha value is -2.28. The molecule has 1 aliphatic heterocycles. The molecule has 7 nitrogen and oxygen atoms in total. The highest BCUT2D eigenvalue weighted by Gasteiger charge is 2.29. The molecule has 1 atom stereocenters. The van der Waals surface area contributed by atoms with E-state index in [0.717, 1.165) is 31.6 Å². The van der Waals surface area contributed by atoms with Crippen molar-refractivity contribution in [3.8, 4) is 0 Å². The molecule has 3 heterocycles. The lowest BCUT2D eigenvalue weighted by Crippen LogP contribution is -2.25. The molecular formula is C15H19N5O2. The number of carbonyl (C=O) groups is 1. The summed E-state index contributed by atoms with van der Waals surface area (Å²) in [6.45, 7) is 3.80. The molecule has 116 valence electrons. The normalized spacial score (nSPS) is 18.7. The zero-order chi connectivity index (χ0) is 15.7. The number of likely N-dealkylation sites (tertiary alicyclic amines) is 1. The van der Waals surface area contributed by atoms with Gasteiger partial charge in [-0.2, -0.15) is 5.10 Å². The van der Waals surface area contributed by atoms with Gasteiger partial charge in [-0.25, -0.2) is 14.8 Å². The predicted molar refractivity (Wildman–Crippen MR) is 79.3 cm³/mol. The summed E-state index contributed by atoms with van der Waals surface area (Å²) in [5, 5.41) is 13.4. The quantitative estimate of drug-likeness (QED) is 0.922. The van der Waals surface area contributed by atoms with Crippen molar-refractivity contribution in [2.75, 3.05) is 6.54 Å². The Kier molecular flexibility index (Phi) is 3.89. The van der Waals surface area contributed by atoms with Crippen LogP contribution in [0.5, 0.6) is 0 Å². The van der Waals surface area contributed by atoms with Gasteiger partial charge in [0, 0.05) is 32.2 Å². The van der Waals surface area contributed by atoms with Crippen LogP contribution in [0.2, 0.25) is 0 Å². The van der Waals surface area contributed by atoms with Crippen molar-refractivity contribution in [2.24, 2.45) is 7.05 Å². The van der Waals surface area contributed by atoms with Crippen molar-refractivity contribution in [1.82, 2.24) is 24.6 Å². The minimum Gasteiger partial charge on any atom is -0.478 e. The van der Waals surface area contributed by atoms with Crippen molar-refractivity contribution < 1.29 is 9.90 Å². The molecule has 2 aromatic rings. The summed E-state index contributed by atoms with van der Waals surface area (Å²) in [5.74, 6) is -0.310. The van der Waals surface area contributed by atoms with Gasteiger partial charge < -0.3 is 5.11 Å². The van der Waals surface area contributed by atoms with Gasteiger partial charge in [0.2, 0.25) is 0 Å². The topological polar surface area (TPSA) is 84.1 Å². The van der Waals surface area contributed by atoms with Gasteiger partial charge >= 0.3 is 5.97 Å². The minimum absolute atomic E-state index is 0.119. The van der Waals surface area contributed by atoms with E-state index in [-0.39, 0.29) is 11.6 Å². The highest BCUT2D eigenvalue weighted by Crippen LogP contribution is 2.31. The lowest BCUT2D eigenvalue weighted by Gasteiger charge is -2.22. The smallest absolute Gasteiger partial charge is 0.338 e. The van der Waals surface area contributed by atoms with Crippen LogP contribution in [0.15, 0.2) is 18.6 Å². The van der Waals surface area contributed by atoms with Crippen molar-refractivity contribution >= 4 is 5.97 Å². The largest absolute Gasteiger partial charge is 0.478 e. The van der Waals surface area contributed by atoms with Crippen LogP contribution in [0.25, 0.3) is 0 Å². The van der Waals surface area contributed by atoms with Crippen LogP contribution in [0, 0.1) is 6.92 Å². The molecular weight excluding hydrogens is 282 g/mol. The second kappa shape index (κ2) is 5.84. The van der Waals surface area contributed by atoms with Crippen LogP contribution in [-0.2, 0) is 13.6 Å². The monoisotopic (exact) mass is 301 g/mol. The fourth-order valence-electron chi connectivity index (χ4n) is 2.93. The molecule has 0 bridgehead atoms. The Labute approximate surface area is 128 Å². The van der Waals surface area contributed by atoms with E-state index in [1.165, 1.54) is 18.0 Å². The van der Waals surface area contributed by atoms with Crippen molar-refractivity contribution in [2.45, 2.75) is 32.4 Å². The van der Waals surface area contributed by atoms with Gasteiger partial charge in [0.05, 0.1) is 17.3 Å². The third-order valence-electron chi connectivity index (χ3n) is 4.05. The number of aromatic carboxylic acids is 1. The molecule has 0 radical (unpaired) electrons. The Morgan fingerprint density at radius 2 is 2.14 bits per heavy atom. The van der Waals surface area contributed by atoms with Gasteiger partial charge in [0.1, 0.15) is 5.82 Å². The van der Waals surface area contributed by atoms with E-state index < -0.39 is 5.97 Å². The van der Waals surface area contributed by atoms with Crippen LogP contribution < -0.4 is 0 Å². The Bertz CT molecular complexity index is 680. The fraction of sp³-hybridized carbons (Fsp3) is 0.467. The van der Waals surface area contributed by atoms with Gasteiger partial charge in [-0.05, 0) is 31.9 Å². The maximum atomic E-state index is 10.9. The molecule has 1 N–H and O–H groups in total. The number of aromatic nitrogens is 4. The van der Waals surface area contributed by atoms with Crippen molar-refractivity contribution in [1.29, 1.82) is 0 Å². The lowest BCUT2D eigenvalue weighted by atomic mass is 10.2. The highest BCUT2D eigenvalue weighted by molar-refractivity contribution is 5.86. The molecule has 3 rings (SSSR count). The van der Waals surface area contributed by atoms with Gasteiger partial charge in [-0.15, -0.1) is 0 Å². The summed E-state index contributed by atoms with van der Waals surface area (Å²) in [6, 6.07) is 0.129. The van der Waals surface area contributed by atoms with Crippen LogP contribution in [0.4, 0.5) is 0 Å². The summed E-state index contributed by atoms with van der Waals surface area (Å²) in [4.78, 5) is 21.7. The standard InChI is InChI=1S/C15H19N5O2/c1-10-8-19(2)18-12(10)9-20-5-3-4-13(20)14-16-6-11(7-17-14)15(21)22/h6-8,13H,3-5,9H2,1-2H3,(H,21,22). The summed E-state index contributed by atoms with van der Waals surface area (Å²) in [7, 11) is 1.92. The molecule has 7 heteroatoms. The number of hydrogen-bond acceptors (Lipinski definition) is 5. The summed E-state index contributed by atoms with van der Waals surface area (Å²) < 4.78 is 1.83. The van der Waals surface area contributed by atoms with Crippen molar-refractivity contribution in [3.05, 3.63) is 41.2 Å². The Morgan fingerprint density at radius 1 is 1.41 bits per heavy atom. The van der Waals surface area contributed by atoms with E-state index in [1.807, 2.05) is 17.9 Å². The molecule has 0 aliphatic carbocycles. The number of aryl methyl sites for hydroxylation is 2. The van der Waals surface area contributed by atoms with E-state index in [0.29, 0.717) is 5.82 Å². The van der Waals surface area contributed by atoms with Gasteiger partial charge in [0.25, 0.3) is 0 Å². The molecule has 0 aromatic carbocycles. The maximum Gasteiger partial charge on any atom is 0.338 e. The predicted octanol–water partition coefficient (Wildman–Crippen LogP) is 1.55. The summed E-state index contributed by atoms with van der Waals surface area (Å²) in [6.07, 6.45) is 6.85. The highest BCUT2D eigenvalue weighted by atomic mass is 16.4. The van der Waals surface area contributed by atoms with Crippen LogP contribution in [-0.4, -0.2) is 42.3 Å². The van der Waals surface area contributed by atoms with E-state index in [9.17, 15) is 4.79 Å². The molecule has 1 aliphatic rings. The number of carboxylic acid groups (broad SMARTS) is 1. The third-order valence-corrected chi connectivity index (χ3v) is 4.05. The van der Waals surface area contributed by atoms with E-state index >= 15 is 0 Å². The molecule has 0 saturated carbocycles. The first-order valence-electron chi connectivity index (χ1n) is 7.33. The Balaban J connectivity index is 1.78. The first-order valence-corrected chi connectivity index (χ1v) is 7.33. The van der Waals surface area contributed by atoms with Gasteiger partial charge in [-0.1, -0.05) is 0 Å². The average Bonchev–Trinajstić information content (AvgIpc) is 3.06. The first kappa shape index (κ1) is 14.6. The molecule has 2 aromatic heterocycles. The van der Waals surface area contributed by atoms with Crippen LogP contribution >= 0.6 is 0 Å². The zero-order valence-electron chi connectivity index (χ0n) is 12.7. The van der Waals surface area contributed by atoms with E-state index in [1.54, 1.807) is 0 Å². The van der Waals surface area contributed by atoms with Crippen molar-refractivity contribution in [3.63, 3.8) is 0 Å².